The fourth-order valence-corrected chi connectivity index (χ4v) is 2.13. The fraction of sp³-hybridized carbons (Fsp3) is 0.727. The van der Waals surface area contributed by atoms with E-state index in [0.29, 0.717) is 0 Å². The molecule has 5 nitrogen and oxygen atoms in total. The first kappa shape index (κ1) is 16.1. The predicted octanol–water partition coefficient (Wildman–Crippen LogP) is 1.77. The van der Waals surface area contributed by atoms with Gasteiger partial charge in [0.2, 0.25) is 0 Å². The number of halogens is 1. The number of Topliss-reactive ketones (excluding diaryl/α,β-unsaturated/α-hetero) is 1. The Bertz CT molecular complexity index is 302. The van der Waals surface area contributed by atoms with Gasteiger partial charge in [0, 0.05) is 6.42 Å². The number of aliphatic carboxylic acids is 1. The highest BCUT2D eigenvalue weighted by Crippen LogP contribution is 2.32. The van der Waals surface area contributed by atoms with Crippen LogP contribution in [0, 0.1) is 5.41 Å². The minimum atomic E-state index is -1.34. The molecule has 0 aliphatic carbocycles. The normalized spacial score (nSPS) is 13.8. The van der Waals surface area contributed by atoms with Gasteiger partial charge in [-0.3, -0.25) is 14.4 Å². The molecule has 6 heteroatoms. The number of rotatable bonds is 8. The van der Waals surface area contributed by atoms with E-state index >= 15 is 0 Å². The summed E-state index contributed by atoms with van der Waals surface area (Å²) in [5, 5.41) is 8.68. The zero-order valence-electron chi connectivity index (χ0n) is 9.99. The topological polar surface area (TPSA) is 80.7 Å². The molecule has 0 amide bonds. The molecule has 0 radical (unpaired) electrons. The second-order valence-electron chi connectivity index (χ2n) is 3.61. The molecule has 0 aromatic carbocycles. The van der Waals surface area contributed by atoms with Crippen molar-refractivity contribution in [2.24, 2.45) is 5.41 Å². The molecular formula is C11H17BrO5. The van der Waals surface area contributed by atoms with Gasteiger partial charge in [-0.1, -0.05) is 22.9 Å². The first-order chi connectivity index (χ1) is 7.94. The molecule has 0 aromatic heterocycles. The molecule has 0 spiro atoms. The second kappa shape index (κ2) is 7.42. The number of carboxylic acids is 1. The molecule has 1 N–H and O–H groups in total. The third kappa shape index (κ3) is 4.11. The molecule has 0 rings (SSSR count). The number of hydrogen-bond acceptors (Lipinski definition) is 4. The van der Waals surface area contributed by atoms with Gasteiger partial charge in [0.25, 0.3) is 0 Å². The Morgan fingerprint density at radius 1 is 1.29 bits per heavy atom. The number of ether oxygens (including phenoxy) is 1. The molecule has 0 aromatic rings. The molecule has 0 saturated carbocycles. The van der Waals surface area contributed by atoms with Crippen molar-refractivity contribution in [1.29, 1.82) is 0 Å². The number of alkyl halides is 1. The van der Waals surface area contributed by atoms with Crippen LogP contribution in [0.3, 0.4) is 0 Å². The lowest BCUT2D eigenvalue weighted by atomic mass is 9.77. The van der Waals surface area contributed by atoms with E-state index in [0.717, 1.165) is 0 Å². The second-order valence-corrected chi connectivity index (χ2v) is 4.17. The average Bonchev–Trinajstić information content (AvgIpc) is 2.30. The van der Waals surface area contributed by atoms with Crippen molar-refractivity contribution in [2.45, 2.75) is 33.1 Å². The summed E-state index contributed by atoms with van der Waals surface area (Å²) < 4.78 is 4.88. The SMILES string of the molecule is CCOC(=O)[C@](CC)(CCC(=O)O)C(=O)CBr. The van der Waals surface area contributed by atoms with Gasteiger partial charge >= 0.3 is 11.9 Å². The number of carbonyl (C=O) groups is 3. The molecular weight excluding hydrogens is 292 g/mol. The van der Waals surface area contributed by atoms with Crippen LogP contribution in [0.5, 0.6) is 0 Å². The third-order valence-corrected chi connectivity index (χ3v) is 3.20. The van der Waals surface area contributed by atoms with Crippen LogP contribution in [0.15, 0.2) is 0 Å². The maximum Gasteiger partial charge on any atom is 0.319 e. The van der Waals surface area contributed by atoms with E-state index in [2.05, 4.69) is 15.9 Å². The Kier molecular flexibility index (Phi) is 7.03. The Morgan fingerprint density at radius 2 is 1.88 bits per heavy atom. The van der Waals surface area contributed by atoms with E-state index in [4.69, 9.17) is 9.84 Å². The van der Waals surface area contributed by atoms with Crippen molar-refractivity contribution in [2.75, 3.05) is 11.9 Å². The average molecular weight is 309 g/mol. The summed E-state index contributed by atoms with van der Waals surface area (Å²) >= 11 is 3.01. The smallest absolute Gasteiger partial charge is 0.319 e. The molecule has 0 heterocycles. The predicted molar refractivity (Wildman–Crippen MR) is 65.0 cm³/mol. The van der Waals surface area contributed by atoms with Crippen LogP contribution in [-0.2, 0) is 19.1 Å². The van der Waals surface area contributed by atoms with Crippen molar-refractivity contribution in [3.8, 4) is 0 Å². The zero-order chi connectivity index (χ0) is 13.5. The Balaban J connectivity index is 5.06. The fourth-order valence-electron chi connectivity index (χ4n) is 1.59. The van der Waals surface area contributed by atoms with E-state index in [1.165, 1.54) is 0 Å². The molecule has 0 unspecified atom stereocenters. The van der Waals surface area contributed by atoms with Crippen LogP contribution in [-0.4, -0.2) is 34.8 Å². The maximum absolute atomic E-state index is 11.9. The zero-order valence-corrected chi connectivity index (χ0v) is 11.6. The lowest BCUT2D eigenvalue weighted by Crippen LogP contribution is -2.41. The van der Waals surface area contributed by atoms with Crippen molar-refractivity contribution < 1.29 is 24.2 Å². The molecule has 0 saturated heterocycles. The van der Waals surface area contributed by atoms with Gasteiger partial charge in [0.15, 0.2) is 5.78 Å². The highest BCUT2D eigenvalue weighted by atomic mass is 79.9. The molecule has 17 heavy (non-hydrogen) atoms. The third-order valence-electron chi connectivity index (χ3n) is 2.69. The van der Waals surface area contributed by atoms with Gasteiger partial charge < -0.3 is 9.84 Å². The van der Waals surface area contributed by atoms with E-state index in [1.54, 1.807) is 13.8 Å². The van der Waals surface area contributed by atoms with Crippen molar-refractivity contribution in [1.82, 2.24) is 0 Å². The van der Waals surface area contributed by atoms with Crippen LogP contribution in [0.2, 0.25) is 0 Å². The van der Waals surface area contributed by atoms with Gasteiger partial charge in [0.05, 0.1) is 11.9 Å². The highest BCUT2D eigenvalue weighted by molar-refractivity contribution is 9.09. The lowest BCUT2D eigenvalue weighted by molar-refractivity contribution is -0.160. The van der Waals surface area contributed by atoms with Gasteiger partial charge in [-0.05, 0) is 19.8 Å². The van der Waals surface area contributed by atoms with Crippen molar-refractivity contribution in [3.05, 3.63) is 0 Å². The summed E-state index contributed by atoms with van der Waals surface area (Å²) in [6.45, 7) is 3.50. The van der Waals surface area contributed by atoms with Gasteiger partial charge in [0.1, 0.15) is 5.41 Å². The number of ketones is 1. The quantitative estimate of drug-likeness (QED) is 0.420. The summed E-state index contributed by atoms with van der Waals surface area (Å²) in [4.78, 5) is 34.3. The summed E-state index contributed by atoms with van der Waals surface area (Å²) in [5.41, 5.74) is -1.34. The van der Waals surface area contributed by atoms with Crippen LogP contribution in [0.1, 0.15) is 33.1 Å². The maximum atomic E-state index is 11.9. The number of carboxylic acid groups (broad SMARTS) is 1. The minimum Gasteiger partial charge on any atom is -0.481 e. The number of esters is 1. The number of carbonyl (C=O) groups excluding carboxylic acids is 2. The molecule has 98 valence electrons. The Hall–Kier alpha value is -0.910. The largest absolute Gasteiger partial charge is 0.481 e. The minimum absolute atomic E-state index is 0.0132. The summed E-state index contributed by atoms with van der Waals surface area (Å²) in [5.74, 6) is -2.00. The molecule has 0 aliphatic heterocycles. The Labute approximate surface area is 109 Å². The first-order valence-electron chi connectivity index (χ1n) is 5.42. The van der Waals surface area contributed by atoms with Gasteiger partial charge in [-0.2, -0.15) is 0 Å². The van der Waals surface area contributed by atoms with Crippen molar-refractivity contribution >= 4 is 33.7 Å². The van der Waals surface area contributed by atoms with Crippen LogP contribution >= 0.6 is 15.9 Å². The standard InChI is InChI=1S/C11H17BrO5/c1-3-11(8(13)7-12,6-5-9(14)15)10(16)17-4-2/h3-7H2,1-2H3,(H,14,15)/t11-/m1/s1. The van der Waals surface area contributed by atoms with Crippen LogP contribution in [0.4, 0.5) is 0 Å². The first-order valence-corrected chi connectivity index (χ1v) is 6.55. The van der Waals surface area contributed by atoms with E-state index in [9.17, 15) is 14.4 Å². The lowest BCUT2D eigenvalue weighted by Gasteiger charge is -2.27. The molecule has 0 bridgehead atoms. The molecule has 0 aliphatic rings. The number of hydrogen-bond donors (Lipinski definition) is 1. The summed E-state index contributed by atoms with van der Waals surface area (Å²) in [6.07, 6.45) is -0.0168. The summed E-state index contributed by atoms with van der Waals surface area (Å²) in [6, 6.07) is 0. The summed E-state index contributed by atoms with van der Waals surface area (Å²) in [7, 11) is 0. The van der Waals surface area contributed by atoms with Crippen LogP contribution < -0.4 is 0 Å². The van der Waals surface area contributed by atoms with E-state index in [-0.39, 0.29) is 37.0 Å². The van der Waals surface area contributed by atoms with Crippen molar-refractivity contribution in [3.63, 3.8) is 0 Å². The van der Waals surface area contributed by atoms with Gasteiger partial charge in [-0.25, -0.2) is 0 Å². The molecule has 0 fully saturated rings. The Morgan fingerprint density at radius 3 is 2.24 bits per heavy atom. The monoisotopic (exact) mass is 308 g/mol. The van der Waals surface area contributed by atoms with Gasteiger partial charge in [-0.15, -0.1) is 0 Å². The molecule has 1 atom stereocenters. The van der Waals surface area contributed by atoms with E-state index in [1.807, 2.05) is 0 Å². The highest BCUT2D eigenvalue weighted by Gasteiger charge is 2.44. The van der Waals surface area contributed by atoms with E-state index < -0.39 is 17.4 Å². The van der Waals surface area contributed by atoms with Crippen LogP contribution in [0.25, 0.3) is 0 Å².